The number of hydrogen-bond acceptors (Lipinski definition) is 7. The van der Waals surface area contributed by atoms with Gasteiger partial charge in [0.15, 0.2) is 5.75 Å². The van der Waals surface area contributed by atoms with Gasteiger partial charge in [0.2, 0.25) is 0 Å². The molecule has 4 N–H and O–H groups in total. The van der Waals surface area contributed by atoms with Crippen molar-refractivity contribution < 1.29 is 34.0 Å². The van der Waals surface area contributed by atoms with Crippen LogP contribution in [0.4, 0.5) is 16.2 Å². The Morgan fingerprint density at radius 2 is 1.65 bits per heavy atom. The zero-order valence-electron chi connectivity index (χ0n) is 27.0. The van der Waals surface area contributed by atoms with E-state index >= 15 is 0 Å². The summed E-state index contributed by atoms with van der Waals surface area (Å²) in [5.74, 6) is 0.743. The predicted octanol–water partition coefficient (Wildman–Crippen LogP) is 7.99. The third-order valence-corrected chi connectivity index (χ3v) is 7.37. The number of benzene rings is 2. The Balaban J connectivity index is 1.68. The number of carboxylic acids is 1. The number of carbonyl (C=O) groups is 2. The number of nitrogens with zero attached hydrogens (tertiary/aromatic N) is 2. The zero-order chi connectivity index (χ0) is 33.1. The van der Waals surface area contributed by atoms with Gasteiger partial charge in [-0.15, -0.1) is 0 Å². The third-order valence-electron chi connectivity index (χ3n) is 7.37. The number of nitrogens with two attached hydrogens (primary N) is 1. The van der Waals surface area contributed by atoms with Crippen molar-refractivity contribution in [2.24, 2.45) is 0 Å². The average Bonchev–Trinajstić information content (AvgIpc) is 3.04. The van der Waals surface area contributed by atoms with E-state index in [1.165, 1.54) is 16.5 Å². The highest BCUT2D eigenvalue weighted by molar-refractivity contribution is 5.89. The summed E-state index contributed by atoms with van der Waals surface area (Å²) in [6.45, 7) is 2.70. The fraction of sp³-hybridized carbons (Fsp3) is 0.417. The van der Waals surface area contributed by atoms with Crippen LogP contribution in [0.15, 0.2) is 60.7 Å². The second kappa shape index (κ2) is 19.6. The Morgan fingerprint density at radius 1 is 0.913 bits per heavy atom. The molecule has 0 bridgehead atoms. The van der Waals surface area contributed by atoms with Gasteiger partial charge in [0.25, 0.3) is 0 Å². The molecule has 10 heteroatoms. The average molecular weight is 634 g/mol. The van der Waals surface area contributed by atoms with Gasteiger partial charge in [-0.05, 0) is 67.7 Å². The fourth-order valence-electron chi connectivity index (χ4n) is 4.90. The third kappa shape index (κ3) is 12.3. The fourth-order valence-corrected chi connectivity index (χ4v) is 4.90. The lowest BCUT2D eigenvalue weighted by Gasteiger charge is -2.24. The molecule has 0 unspecified atom stereocenters. The Labute approximate surface area is 271 Å². The maximum Gasteiger partial charge on any atom is 0.411 e. The van der Waals surface area contributed by atoms with Crippen LogP contribution in [0.1, 0.15) is 81.7 Å². The van der Waals surface area contributed by atoms with E-state index in [9.17, 15) is 19.8 Å². The van der Waals surface area contributed by atoms with Crippen molar-refractivity contribution in [2.45, 2.75) is 77.7 Å². The Bertz CT molecular complexity index is 1410. The smallest absolute Gasteiger partial charge is 0.411 e. The zero-order valence-corrected chi connectivity index (χ0v) is 27.0. The SMILES string of the molecule is CCCCN(C(=O)O)c1cc(COc2cccc(N)c2)nc(/C=C/CC(=O)O)c1OCCCCCCCCc1ccc(OC)cc1. The molecular formula is C36H47N3O7. The summed E-state index contributed by atoms with van der Waals surface area (Å²) in [4.78, 5) is 29.6. The normalized spacial score (nSPS) is 11.0. The molecular weight excluding hydrogens is 586 g/mol. The number of aliphatic carboxylic acids is 1. The van der Waals surface area contributed by atoms with Crippen LogP contribution < -0.4 is 24.8 Å². The lowest BCUT2D eigenvalue weighted by atomic mass is 10.0. The molecule has 0 saturated carbocycles. The van der Waals surface area contributed by atoms with Crippen LogP contribution in [0.25, 0.3) is 6.08 Å². The molecule has 0 saturated heterocycles. The Kier molecular flexibility index (Phi) is 15.2. The van der Waals surface area contributed by atoms with E-state index in [4.69, 9.17) is 19.9 Å². The standard InChI is InChI=1S/C36H47N3O7/c1-3-4-22-39(36(42)43)33-25-29(26-46-31-15-11-14-28(37)24-31)38-32(16-12-17-34(40)41)35(33)45-23-10-8-6-5-7-9-13-27-18-20-30(44-2)21-19-27/h11-12,14-16,18-21,24-25H,3-10,13,17,22-23,26,37H2,1-2H3,(H,40,41)(H,42,43)/b16-12+. The molecule has 0 atom stereocenters. The highest BCUT2D eigenvalue weighted by Gasteiger charge is 2.23. The molecule has 0 fully saturated rings. The number of aromatic nitrogens is 1. The van der Waals surface area contributed by atoms with Crippen LogP contribution >= 0.6 is 0 Å². The largest absolute Gasteiger partial charge is 0.497 e. The summed E-state index contributed by atoms with van der Waals surface area (Å²) in [5.41, 5.74) is 8.92. The molecule has 1 aromatic heterocycles. The molecule has 1 amide bonds. The number of aryl methyl sites for hydroxylation is 1. The summed E-state index contributed by atoms with van der Waals surface area (Å²) in [6.07, 6.45) is 10.5. The summed E-state index contributed by atoms with van der Waals surface area (Å²) in [7, 11) is 1.67. The van der Waals surface area contributed by atoms with Gasteiger partial charge >= 0.3 is 12.1 Å². The van der Waals surface area contributed by atoms with Gasteiger partial charge < -0.3 is 30.2 Å². The van der Waals surface area contributed by atoms with E-state index in [0.29, 0.717) is 47.3 Å². The number of amides is 1. The van der Waals surface area contributed by atoms with Crippen molar-refractivity contribution in [1.29, 1.82) is 0 Å². The summed E-state index contributed by atoms with van der Waals surface area (Å²) in [6, 6.07) is 16.9. The predicted molar refractivity (Wildman–Crippen MR) is 181 cm³/mol. The van der Waals surface area contributed by atoms with E-state index in [0.717, 1.165) is 57.1 Å². The van der Waals surface area contributed by atoms with Gasteiger partial charge in [0, 0.05) is 18.3 Å². The molecule has 0 spiro atoms. The molecule has 2 aromatic carbocycles. The van der Waals surface area contributed by atoms with Crippen LogP contribution in [-0.2, 0) is 17.8 Å². The van der Waals surface area contributed by atoms with Crippen molar-refractivity contribution in [1.82, 2.24) is 4.98 Å². The van der Waals surface area contributed by atoms with Crippen LogP contribution in [0.2, 0.25) is 0 Å². The number of nitrogen functional groups attached to an aromatic ring is 1. The van der Waals surface area contributed by atoms with Gasteiger partial charge in [-0.1, -0.05) is 63.3 Å². The summed E-state index contributed by atoms with van der Waals surface area (Å²) < 4.78 is 17.4. The van der Waals surface area contributed by atoms with E-state index in [2.05, 4.69) is 17.1 Å². The molecule has 248 valence electrons. The molecule has 10 nitrogen and oxygen atoms in total. The molecule has 0 aliphatic carbocycles. The first kappa shape index (κ1) is 35.7. The first-order valence-electron chi connectivity index (χ1n) is 16.0. The minimum atomic E-state index is -1.11. The highest BCUT2D eigenvalue weighted by atomic mass is 16.5. The Hall–Kier alpha value is -4.73. The van der Waals surface area contributed by atoms with Crippen LogP contribution in [0.5, 0.6) is 17.2 Å². The molecule has 0 aliphatic heterocycles. The van der Waals surface area contributed by atoms with E-state index in [-0.39, 0.29) is 19.6 Å². The number of hydrogen-bond donors (Lipinski definition) is 3. The van der Waals surface area contributed by atoms with Gasteiger partial charge in [0.05, 0.1) is 31.5 Å². The first-order valence-corrected chi connectivity index (χ1v) is 16.0. The number of carboxylic acid groups (broad SMARTS) is 2. The van der Waals surface area contributed by atoms with Crippen molar-refractivity contribution in [3.05, 3.63) is 77.6 Å². The second-order valence-electron chi connectivity index (χ2n) is 11.1. The van der Waals surface area contributed by atoms with E-state index in [1.807, 2.05) is 19.1 Å². The quantitative estimate of drug-likeness (QED) is 0.0785. The van der Waals surface area contributed by atoms with Gasteiger partial charge in [-0.25, -0.2) is 9.78 Å². The molecule has 1 heterocycles. The lowest BCUT2D eigenvalue weighted by molar-refractivity contribution is -0.135. The van der Waals surface area contributed by atoms with Gasteiger partial charge in [0.1, 0.15) is 23.8 Å². The van der Waals surface area contributed by atoms with E-state index in [1.54, 1.807) is 43.5 Å². The van der Waals surface area contributed by atoms with Crippen LogP contribution in [-0.4, -0.2) is 47.5 Å². The Morgan fingerprint density at radius 3 is 2.33 bits per heavy atom. The molecule has 0 radical (unpaired) electrons. The topological polar surface area (TPSA) is 144 Å². The lowest BCUT2D eigenvalue weighted by Crippen LogP contribution is -2.31. The number of rotatable bonds is 21. The number of ether oxygens (including phenoxy) is 3. The maximum atomic E-state index is 12.4. The number of methoxy groups -OCH3 is 1. The molecule has 46 heavy (non-hydrogen) atoms. The van der Waals surface area contributed by atoms with Crippen molar-refractivity contribution in [2.75, 3.05) is 30.9 Å². The van der Waals surface area contributed by atoms with Crippen molar-refractivity contribution in [3.63, 3.8) is 0 Å². The first-order chi connectivity index (χ1) is 22.3. The van der Waals surface area contributed by atoms with Gasteiger partial charge in [-0.3, -0.25) is 9.69 Å². The minimum Gasteiger partial charge on any atom is -0.497 e. The summed E-state index contributed by atoms with van der Waals surface area (Å²) >= 11 is 0. The van der Waals surface area contributed by atoms with Gasteiger partial charge in [-0.2, -0.15) is 0 Å². The molecule has 3 rings (SSSR count). The van der Waals surface area contributed by atoms with Crippen molar-refractivity contribution >= 4 is 29.5 Å². The monoisotopic (exact) mass is 633 g/mol. The number of pyridine rings is 1. The highest BCUT2D eigenvalue weighted by Crippen LogP contribution is 2.35. The second-order valence-corrected chi connectivity index (χ2v) is 11.1. The van der Waals surface area contributed by atoms with Crippen LogP contribution in [0, 0.1) is 0 Å². The number of unbranched alkanes of at least 4 members (excludes halogenated alkanes) is 6. The molecule has 3 aromatic rings. The van der Waals surface area contributed by atoms with E-state index < -0.39 is 12.1 Å². The molecule has 0 aliphatic rings. The number of anilines is 2. The van der Waals surface area contributed by atoms with Crippen LogP contribution in [0.3, 0.4) is 0 Å². The van der Waals surface area contributed by atoms with Crippen molar-refractivity contribution in [3.8, 4) is 17.2 Å². The minimum absolute atomic E-state index is 0.0518. The summed E-state index contributed by atoms with van der Waals surface area (Å²) in [5, 5.41) is 19.4. The maximum absolute atomic E-state index is 12.4.